The smallest absolute Gasteiger partial charge is 0.320 e. The topological polar surface area (TPSA) is 75.9 Å². The third kappa shape index (κ3) is 4.30. The minimum absolute atomic E-state index is 0.164. The highest BCUT2D eigenvalue weighted by Crippen LogP contribution is 2.30. The molecule has 1 aliphatic rings. The molecule has 0 radical (unpaired) electrons. The fourth-order valence-corrected chi connectivity index (χ4v) is 3.49. The van der Waals surface area contributed by atoms with Crippen LogP contribution in [0.4, 0.5) is 10.6 Å². The van der Waals surface area contributed by atoms with Crippen molar-refractivity contribution in [3.63, 3.8) is 0 Å². The Morgan fingerprint density at radius 1 is 1.17 bits per heavy atom. The number of carbonyl (C=O) groups excluding carboxylic acids is 1. The summed E-state index contributed by atoms with van der Waals surface area (Å²) >= 11 is 6.51. The second-order valence-corrected chi connectivity index (χ2v) is 7.44. The van der Waals surface area contributed by atoms with Crippen LogP contribution in [0.2, 0.25) is 5.02 Å². The summed E-state index contributed by atoms with van der Waals surface area (Å²) in [5.74, 6) is 0.547. The fourth-order valence-electron chi connectivity index (χ4n) is 3.20. The van der Waals surface area contributed by atoms with E-state index in [4.69, 9.17) is 11.6 Å². The molecule has 3 aromatic rings. The highest BCUT2D eigenvalue weighted by molar-refractivity contribution is 6.32. The van der Waals surface area contributed by atoms with Crippen molar-refractivity contribution in [1.29, 1.82) is 0 Å². The minimum Gasteiger partial charge on any atom is -0.320 e. The van der Waals surface area contributed by atoms with E-state index in [0.717, 1.165) is 28.0 Å². The molecular formula is C21H21ClN6O. The Bertz CT molecular complexity index is 1070. The third-order valence-electron chi connectivity index (χ3n) is 4.83. The Kier molecular flexibility index (Phi) is 5.31. The van der Waals surface area contributed by atoms with Gasteiger partial charge in [0.25, 0.3) is 0 Å². The molecule has 0 unspecified atom stereocenters. The van der Waals surface area contributed by atoms with Crippen LogP contribution in [0.15, 0.2) is 49.1 Å². The lowest BCUT2D eigenvalue weighted by Gasteiger charge is -2.26. The summed E-state index contributed by atoms with van der Waals surface area (Å²) in [6.45, 7) is 3.04. The number of pyridine rings is 2. The largest absolute Gasteiger partial charge is 0.323 e. The summed E-state index contributed by atoms with van der Waals surface area (Å²) in [5.41, 5.74) is 4.76. The van der Waals surface area contributed by atoms with Crippen LogP contribution in [0.5, 0.6) is 0 Å². The number of anilines is 1. The molecule has 148 valence electrons. The first-order valence-corrected chi connectivity index (χ1v) is 9.70. The van der Waals surface area contributed by atoms with Crippen molar-refractivity contribution in [1.82, 2.24) is 24.6 Å². The van der Waals surface area contributed by atoms with Crippen LogP contribution in [0.25, 0.3) is 16.7 Å². The van der Waals surface area contributed by atoms with Gasteiger partial charge in [0.1, 0.15) is 5.82 Å². The first-order chi connectivity index (χ1) is 14.0. The van der Waals surface area contributed by atoms with Crippen molar-refractivity contribution < 1.29 is 4.79 Å². The molecule has 0 saturated carbocycles. The molecular weight excluding hydrogens is 388 g/mol. The van der Waals surface area contributed by atoms with Crippen LogP contribution >= 0.6 is 11.6 Å². The minimum atomic E-state index is -0.164. The normalized spacial score (nSPS) is 13.9. The van der Waals surface area contributed by atoms with Crippen LogP contribution in [-0.2, 0) is 7.05 Å². The third-order valence-corrected chi connectivity index (χ3v) is 5.11. The lowest BCUT2D eigenvalue weighted by molar-refractivity contribution is 0.217. The highest BCUT2D eigenvalue weighted by Gasteiger charge is 2.20. The summed E-state index contributed by atoms with van der Waals surface area (Å²) < 4.78 is 1.74. The average Bonchev–Trinajstić information content (AvgIpc) is 3.16. The van der Waals surface area contributed by atoms with E-state index < -0.39 is 0 Å². The van der Waals surface area contributed by atoms with Gasteiger partial charge in [0.2, 0.25) is 0 Å². The Labute approximate surface area is 174 Å². The number of aryl methyl sites for hydroxylation is 2. The SMILES string of the molecule is Cc1ccc(NC(=O)N2CC=C(c3ncc(-c4cnn(C)c4)cc3Cl)CC2)nc1. The zero-order valence-corrected chi connectivity index (χ0v) is 17.0. The number of aromatic nitrogens is 4. The van der Waals surface area contributed by atoms with Gasteiger partial charge < -0.3 is 4.90 Å². The van der Waals surface area contributed by atoms with Crippen LogP contribution < -0.4 is 5.32 Å². The second-order valence-electron chi connectivity index (χ2n) is 7.03. The molecule has 0 fully saturated rings. The summed E-state index contributed by atoms with van der Waals surface area (Å²) in [7, 11) is 1.87. The molecule has 2 amide bonds. The van der Waals surface area contributed by atoms with Gasteiger partial charge >= 0.3 is 6.03 Å². The number of halogens is 1. The standard InChI is InChI=1S/C21H21ClN6O/c1-14-3-4-19(23-10-14)26-21(29)28-7-5-15(6-8-28)20-18(22)9-16(11-24-20)17-12-25-27(2)13-17/h3-5,9-13H,6-8H2,1-2H3,(H,23,26,29). The number of hydrogen-bond donors (Lipinski definition) is 1. The van der Waals surface area contributed by atoms with Gasteiger partial charge in [-0.05, 0) is 36.6 Å². The molecule has 8 heteroatoms. The van der Waals surface area contributed by atoms with Gasteiger partial charge in [-0.15, -0.1) is 0 Å². The monoisotopic (exact) mass is 408 g/mol. The number of nitrogens with zero attached hydrogens (tertiary/aromatic N) is 5. The average molecular weight is 409 g/mol. The molecule has 0 atom stereocenters. The Morgan fingerprint density at radius 2 is 2.03 bits per heavy atom. The van der Waals surface area contributed by atoms with E-state index in [2.05, 4.69) is 20.4 Å². The molecule has 0 bridgehead atoms. The zero-order valence-electron chi connectivity index (χ0n) is 16.3. The second kappa shape index (κ2) is 8.05. The van der Waals surface area contributed by atoms with Gasteiger partial charge in [-0.1, -0.05) is 23.7 Å². The highest BCUT2D eigenvalue weighted by atomic mass is 35.5. The number of carbonyl (C=O) groups is 1. The maximum atomic E-state index is 12.5. The number of amides is 2. The summed E-state index contributed by atoms with van der Waals surface area (Å²) in [6.07, 6.45) is 9.93. The molecule has 0 spiro atoms. The molecule has 7 nitrogen and oxygen atoms in total. The maximum absolute atomic E-state index is 12.5. The summed E-state index contributed by atoms with van der Waals surface area (Å²) in [5, 5.41) is 7.61. The first-order valence-electron chi connectivity index (χ1n) is 9.32. The Balaban J connectivity index is 1.44. The van der Waals surface area contributed by atoms with E-state index in [0.29, 0.717) is 30.4 Å². The number of nitrogens with one attached hydrogen (secondary N) is 1. The molecule has 1 aliphatic heterocycles. The van der Waals surface area contributed by atoms with Crippen molar-refractivity contribution >= 4 is 29.0 Å². The molecule has 1 N–H and O–H groups in total. The molecule has 29 heavy (non-hydrogen) atoms. The summed E-state index contributed by atoms with van der Waals surface area (Å²) in [6, 6.07) is 5.46. The van der Waals surface area contributed by atoms with E-state index in [1.807, 2.05) is 38.4 Å². The maximum Gasteiger partial charge on any atom is 0.323 e. The predicted octanol–water partition coefficient (Wildman–Crippen LogP) is 4.16. The van der Waals surface area contributed by atoms with Crippen LogP contribution in [0, 0.1) is 6.92 Å². The molecule has 0 aromatic carbocycles. The van der Waals surface area contributed by atoms with Crippen LogP contribution in [0.1, 0.15) is 17.7 Å². The fraction of sp³-hybridized carbons (Fsp3) is 0.238. The number of rotatable bonds is 3. The van der Waals surface area contributed by atoms with Crippen LogP contribution in [0.3, 0.4) is 0 Å². The Hall–Kier alpha value is -3.19. The van der Waals surface area contributed by atoms with Gasteiger partial charge in [0.15, 0.2) is 0 Å². The van der Waals surface area contributed by atoms with Crippen molar-refractivity contribution in [3.05, 3.63) is 65.3 Å². The van der Waals surface area contributed by atoms with Gasteiger partial charge in [0.05, 0.1) is 16.9 Å². The van der Waals surface area contributed by atoms with Crippen LogP contribution in [-0.4, -0.2) is 43.8 Å². The lowest BCUT2D eigenvalue weighted by atomic mass is 10.0. The van der Waals surface area contributed by atoms with E-state index in [1.54, 1.807) is 34.2 Å². The number of hydrogen-bond acceptors (Lipinski definition) is 4. The van der Waals surface area contributed by atoms with E-state index in [-0.39, 0.29) is 6.03 Å². The van der Waals surface area contributed by atoms with Crippen molar-refractivity contribution in [2.24, 2.45) is 7.05 Å². The van der Waals surface area contributed by atoms with E-state index in [9.17, 15) is 4.79 Å². The quantitative estimate of drug-likeness (QED) is 0.706. The molecule has 4 rings (SSSR count). The summed E-state index contributed by atoms with van der Waals surface area (Å²) in [4.78, 5) is 23.0. The van der Waals surface area contributed by atoms with E-state index in [1.165, 1.54) is 0 Å². The van der Waals surface area contributed by atoms with Gasteiger partial charge in [-0.3, -0.25) is 15.0 Å². The Morgan fingerprint density at radius 3 is 2.66 bits per heavy atom. The van der Waals surface area contributed by atoms with E-state index >= 15 is 0 Å². The van der Waals surface area contributed by atoms with Crippen molar-refractivity contribution in [2.45, 2.75) is 13.3 Å². The molecule has 4 heterocycles. The first kappa shape index (κ1) is 19.1. The lowest BCUT2D eigenvalue weighted by Crippen LogP contribution is -2.38. The number of urea groups is 1. The van der Waals surface area contributed by atoms with Crippen molar-refractivity contribution in [3.8, 4) is 11.1 Å². The molecule has 3 aromatic heterocycles. The zero-order chi connectivity index (χ0) is 20.4. The van der Waals surface area contributed by atoms with Gasteiger partial charge in [-0.25, -0.2) is 9.78 Å². The molecule has 0 aliphatic carbocycles. The van der Waals surface area contributed by atoms with Crippen molar-refractivity contribution in [2.75, 3.05) is 18.4 Å². The van der Waals surface area contributed by atoms with Gasteiger partial charge in [-0.2, -0.15) is 5.10 Å². The predicted molar refractivity (Wildman–Crippen MR) is 114 cm³/mol. The van der Waals surface area contributed by atoms with Gasteiger partial charge in [0, 0.05) is 49.9 Å². The molecule has 0 saturated heterocycles.